The normalized spacial score (nSPS) is 16.0. The van der Waals surface area contributed by atoms with Crippen LogP contribution in [0.1, 0.15) is 131 Å². The Morgan fingerprint density at radius 1 is 0.321 bits per heavy atom. The molecule has 0 N–H and O–H groups in total. The average Bonchev–Trinajstić information content (AvgIpc) is 1.69. The Balaban J connectivity index is 0.000000110. The first-order chi connectivity index (χ1) is 63.4. The Morgan fingerprint density at radius 3 is 1.08 bits per heavy atom. The van der Waals surface area contributed by atoms with Gasteiger partial charge in [-0.3, -0.25) is 29.0 Å². The second-order valence-corrected chi connectivity index (χ2v) is 33.3. The van der Waals surface area contributed by atoms with Gasteiger partial charge in [-0.25, -0.2) is 54.3 Å². The molecule has 25 heteroatoms. The fourth-order valence-corrected chi connectivity index (χ4v) is 17.3. The van der Waals surface area contributed by atoms with Gasteiger partial charge < -0.3 is 38.9 Å². The maximum Gasteiger partial charge on any atom is 0.226 e. The van der Waals surface area contributed by atoms with E-state index < -0.39 is 5.82 Å². The van der Waals surface area contributed by atoms with Crippen LogP contribution in [-0.4, -0.2) is 215 Å². The van der Waals surface area contributed by atoms with Gasteiger partial charge in [0.05, 0.1) is 53.2 Å². The van der Waals surface area contributed by atoms with Crippen molar-refractivity contribution in [2.75, 3.05) is 103 Å². The van der Waals surface area contributed by atoms with Crippen LogP contribution in [0.3, 0.4) is 0 Å². The van der Waals surface area contributed by atoms with Crippen molar-refractivity contribution in [3.8, 4) is 11.5 Å². The predicted molar refractivity (Wildman–Crippen MR) is 518 cm³/mol. The zero-order valence-electron chi connectivity index (χ0n) is 74.8. The number of carbonyl (C=O) groups is 5. The highest BCUT2D eigenvalue weighted by Crippen LogP contribution is 2.46. The molecule has 0 atom stereocenters. The smallest absolute Gasteiger partial charge is 0.226 e. The molecule has 0 saturated carbocycles. The number of carbonyl (C=O) groups excluding carboxylic acids is 5. The number of para-hydroxylation sites is 2. The molecule has 0 unspecified atom stereocenters. The molecule has 24 nitrogen and oxygen atoms in total. The third kappa shape index (κ3) is 15.5. The van der Waals surface area contributed by atoms with E-state index in [1.54, 1.807) is 42.5 Å². The number of anilines is 1. The summed E-state index contributed by atoms with van der Waals surface area (Å²) < 4.78 is 25.3. The van der Waals surface area contributed by atoms with Gasteiger partial charge in [0.1, 0.15) is 74.4 Å². The number of pyridine rings is 1. The zero-order chi connectivity index (χ0) is 91.5. The van der Waals surface area contributed by atoms with Gasteiger partial charge in [0.15, 0.2) is 28.9 Å². The highest BCUT2D eigenvalue weighted by molar-refractivity contribution is 6.48. The second-order valence-electron chi connectivity index (χ2n) is 33.3. The molecule has 648 valence electrons. The molecule has 1 fully saturated rings. The molecule has 0 spiro atoms. The van der Waals surface area contributed by atoms with Crippen LogP contribution in [-0.2, 0) is 0 Å². The van der Waals surface area contributed by atoms with Crippen LogP contribution in [0.5, 0.6) is 11.5 Å². The van der Waals surface area contributed by atoms with Crippen LogP contribution in [0.4, 0.5) is 10.1 Å². The summed E-state index contributed by atoms with van der Waals surface area (Å²) in [6, 6.07) is 73.8. The van der Waals surface area contributed by atoms with Gasteiger partial charge in [-0.2, -0.15) is 0 Å². The minimum absolute atomic E-state index is 0.00825. The summed E-state index contributed by atoms with van der Waals surface area (Å²) in [5.41, 5.74) is 24.2. The molecule has 7 heterocycles. The molecule has 1 saturated heterocycles. The molecular formula is C106H90FN17O7. The number of hydrogen-bond acceptors (Lipinski definition) is 24. The van der Waals surface area contributed by atoms with E-state index in [9.17, 15) is 28.4 Å². The Bertz CT molecular complexity index is 7310. The summed E-state index contributed by atoms with van der Waals surface area (Å²) in [4.78, 5) is 130. The standard InChI is InChI=1S/C23H22N4O.C22H16N4O.C21H19N3O2.C20H16FN3O2.C20H17N3O/c1-26(2)23-24-20-15-9-3-4-10-16(15)22(28)19(21(20)25-23)17-11-5-6-12-18(17)27-13-7-8-14-27;1-26(2)22-24-19-14-9-3-4-10-15(14)21(27)17(20(19)25-22)16-11-5-7-13-8-6-12-23-18(13)16;1-12-11-13(26-4)9-10-14(12)17-19-18(22-21(23-19)24(2)3)15-7-5-6-8-16(15)20(17)25;1-24(2)20-22-17-11-7-4-5-8-12(11)19(25)16(18(17)23-20)15-13(21)9-6-10-14(15)26-3;1-12-7-6-8-13(11-12)16-18-17(21-20(22-18)23(2)3)14-9-4-5-10-15(14)19(16)24/h3-6,9-12H,7-8,13-14H2,1-2H3;3-12H,1-2H3;5-11H,1-4H3;4-10H,1-3H3;4-11H,1-3H3. The number of methoxy groups -OCH3 is 2. The summed E-state index contributed by atoms with van der Waals surface area (Å²) in [6.07, 6.45) is 4.12. The number of benzene rings is 10. The minimum Gasteiger partial charge on any atom is -0.497 e. The van der Waals surface area contributed by atoms with Crippen molar-refractivity contribution in [1.82, 2.24) is 29.5 Å². The first kappa shape index (κ1) is 85.5. The minimum atomic E-state index is -0.535. The number of fused-ring (bicyclic) bond motifs is 16. The van der Waals surface area contributed by atoms with E-state index in [0.29, 0.717) is 120 Å². The quantitative estimate of drug-likeness (QED) is 0.137. The van der Waals surface area contributed by atoms with Gasteiger partial charge >= 0.3 is 0 Å². The molecule has 11 aromatic rings. The fraction of sp³-hybridized carbons (Fsp3) is 0.170. The molecule has 131 heavy (non-hydrogen) atoms. The van der Waals surface area contributed by atoms with E-state index >= 15 is 0 Å². The number of ketones is 5. The van der Waals surface area contributed by atoms with E-state index in [1.165, 1.54) is 26.0 Å². The SMILES string of the molecule is CN(C)C1=NC2=C(c3cccc4cccnc34)C(=O)c3ccccc3C2=N1.CN(C)C1=NC2=C(c3ccccc3N3CCCC3)C(=O)c3ccccc3C2=N1.COc1ccc(C2=C3N=C(N(C)C)N=C3c3ccccc3C2=O)c(C)c1.COc1cccc(F)c1C1=C2N=C(N(C)C)N=C2c2ccccc2C1=O.Cc1cccc(C2=C3N=C(N(C)C)N=C3c3ccccc3C2=O)c1. The van der Waals surface area contributed by atoms with Crippen molar-refractivity contribution in [3.63, 3.8) is 0 Å². The monoisotopic (exact) mass is 1730 g/mol. The summed E-state index contributed by atoms with van der Waals surface area (Å²) in [6.45, 7) is 6.05. The molecule has 10 aromatic carbocycles. The first-order valence-corrected chi connectivity index (χ1v) is 42.8. The van der Waals surface area contributed by atoms with Crippen molar-refractivity contribution in [3.05, 3.63) is 372 Å². The van der Waals surface area contributed by atoms with E-state index in [1.807, 2.05) is 304 Å². The molecule has 11 aliphatic rings. The van der Waals surface area contributed by atoms with E-state index in [0.717, 1.165) is 114 Å². The van der Waals surface area contributed by atoms with E-state index in [-0.39, 0.29) is 45.8 Å². The Morgan fingerprint density at radius 2 is 0.672 bits per heavy atom. The third-order valence-electron chi connectivity index (χ3n) is 23.7. The molecule has 5 aliphatic carbocycles. The van der Waals surface area contributed by atoms with Crippen molar-refractivity contribution < 1.29 is 37.8 Å². The molecule has 0 bridgehead atoms. The molecular weight excluding hydrogens is 1640 g/mol. The summed E-state index contributed by atoms with van der Waals surface area (Å²) in [7, 11) is 22.0. The van der Waals surface area contributed by atoms with E-state index in [2.05, 4.69) is 45.9 Å². The topological polar surface area (TPSA) is 260 Å². The number of Topliss-reactive ketones (excluding diaryl/α,β-unsaturated/α-hetero) is 5. The summed E-state index contributed by atoms with van der Waals surface area (Å²) in [5.74, 6) is 3.11. The summed E-state index contributed by atoms with van der Waals surface area (Å²) in [5, 5.41) is 0.989. The Labute approximate surface area is 757 Å². The van der Waals surface area contributed by atoms with Crippen molar-refractivity contribution in [2.24, 2.45) is 49.9 Å². The third-order valence-corrected chi connectivity index (χ3v) is 23.7. The highest BCUT2D eigenvalue weighted by atomic mass is 19.1. The van der Waals surface area contributed by atoms with Crippen molar-refractivity contribution >= 4 is 132 Å². The number of aromatic nitrogens is 1. The van der Waals surface area contributed by atoms with Gasteiger partial charge in [-0.05, 0) is 79.8 Å². The van der Waals surface area contributed by atoms with Crippen LogP contribution in [0.25, 0.3) is 38.8 Å². The van der Waals surface area contributed by atoms with Gasteiger partial charge in [0, 0.05) is 168 Å². The second kappa shape index (κ2) is 35.1. The number of halogens is 1. The number of allylic oxidation sites excluding steroid dienone is 10. The van der Waals surface area contributed by atoms with Gasteiger partial charge in [0.25, 0.3) is 0 Å². The largest absolute Gasteiger partial charge is 0.497 e. The lowest BCUT2D eigenvalue weighted by atomic mass is 9.82. The van der Waals surface area contributed by atoms with Crippen molar-refractivity contribution in [2.45, 2.75) is 26.7 Å². The maximum atomic E-state index is 14.7. The van der Waals surface area contributed by atoms with Crippen LogP contribution < -0.4 is 14.4 Å². The number of aliphatic imine (C=N–C) groups is 10. The average molecular weight is 1730 g/mol. The van der Waals surface area contributed by atoms with Crippen LogP contribution in [0.15, 0.2) is 321 Å². The number of ether oxygens (including phenoxy) is 2. The molecule has 0 amide bonds. The highest BCUT2D eigenvalue weighted by Gasteiger charge is 2.43. The lowest BCUT2D eigenvalue weighted by Crippen LogP contribution is -2.23. The zero-order valence-corrected chi connectivity index (χ0v) is 74.8. The van der Waals surface area contributed by atoms with Crippen molar-refractivity contribution in [1.29, 1.82) is 0 Å². The molecule has 22 rings (SSSR count). The van der Waals surface area contributed by atoms with E-state index in [4.69, 9.17) is 29.4 Å². The van der Waals surface area contributed by atoms with Gasteiger partial charge in [-0.1, -0.05) is 206 Å². The lowest BCUT2D eigenvalue weighted by molar-refractivity contribution is 0.104. The Kier molecular flexibility index (Phi) is 22.9. The number of aryl methyl sites for hydroxylation is 2. The van der Waals surface area contributed by atoms with Crippen LogP contribution in [0.2, 0.25) is 0 Å². The summed E-state index contributed by atoms with van der Waals surface area (Å²) >= 11 is 0. The number of hydrogen-bond donors (Lipinski definition) is 0. The first-order valence-electron chi connectivity index (χ1n) is 42.8. The van der Waals surface area contributed by atoms with Gasteiger partial charge in [-0.15, -0.1) is 0 Å². The Hall–Kier alpha value is -16.3. The van der Waals surface area contributed by atoms with Gasteiger partial charge in [0.2, 0.25) is 29.8 Å². The molecule has 0 radical (unpaired) electrons. The fourth-order valence-electron chi connectivity index (χ4n) is 17.3. The number of guanidine groups is 5. The van der Waals surface area contributed by atoms with Crippen LogP contribution >= 0.6 is 0 Å². The van der Waals surface area contributed by atoms with Crippen LogP contribution in [0, 0.1) is 19.7 Å². The molecule has 1 aromatic heterocycles. The number of nitrogens with zero attached hydrogens (tertiary/aromatic N) is 17. The molecule has 6 aliphatic heterocycles. The number of rotatable bonds is 8. The lowest BCUT2D eigenvalue weighted by Gasteiger charge is -2.25. The maximum absolute atomic E-state index is 14.7. The predicted octanol–water partition coefficient (Wildman–Crippen LogP) is 17.0.